The third-order valence-electron chi connectivity index (χ3n) is 4.36. The highest BCUT2D eigenvalue weighted by Crippen LogP contribution is 2.15. The van der Waals surface area contributed by atoms with Crippen molar-refractivity contribution in [1.29, 1.82) is 0 Å². The molecule has 140 valence electrons. The Morgan fingerprint density at radius 1 is 1.11 bits per heavy atom. The van der Waals surface area contributed by atoms with Crippen LogP contribution in [0.1, 0.15) is 17.5 Å². The van der Waals surface area contributed by atoms with Crippen molar-refractivity contribution in [2.45, 2.75) is 31.4 Å². The molecule has 2 aromatic rings. The summed E-state index contributed by atoms with van der Waals surface area (Å²) in [6.45, 7) is 0. The number of carbonyl (C=O) groups is 2. The molecule has 0 saturated heterocycles. The average Bonchev–Trinajstić information content (AvgIpc) is 3.17. The number of hydrogen-bond acceptors (Lipinski definition) is 5. The Kier molecular flexibility index (Phi) is 6.20. The number of oxime groups is 1. The number of methoxy groups -OCH3 is 1. The summed E-state index contributed by atoms with van der Waals surface area (Å²) in [5.74, 6) is -0.858. The molecule has 0 aromatic heterocycles. The van der Waals surface area contributed by atoms with Gasteiger partial charge in [-0.3, -0.25) is 4.79 Å². The first-order chi connectivity index (χ1) is 13.2. The fourth-order valence-corrected chi connectivity index (χ4v) is 2.95. The summed E-state index contributed by atoms with van der Waals surface area (Å²) in [5, 5.41) is 6.76. The van der Waals surface area contributed by atoms with Gasteiger partial charge in [0.2, 0.25) is 6.10 Å². The lowest BCUT2D eigenvalue weighted by atomic mass is 10.0. The monoisotopic (exact) mass is 366 g/mol. The maximum Gasteiger partial charge on any atom is 0.328 e. The van der Waals surface area contributed by atoms with Crippen LogP contribution in [0, 0.1) is 0 Å². The van der Waals surface area contributed by atoms with Crippen LogP contribution >= 0.6 is 0 Å². The maximum absolute atomic E-state index is 12.5. The molecule has 0 radical (unpaired) electrons. The standard InChI is InChI=1S/C21H22N2O4/c1-26-21(25)18(13-16-10-6-3-7-11-16)22-20(24)19-14-17(23-27-19)12-15-8-4-2-5-9-15/h2-11,18-19H,12-14H2,1H3,(H,22,24)/t18-,19+/m0/s1. The molecular weight excluding hydrogens is 344 g/mol. The number of carbonyl (C=O) groups excluding carboxylic acids is 2. The van der Waals surface area contributed by atoms with E-state index in [4.69, 9.17) is 9.57 Å². The topological polar surface area (TPSA) is 77.0 Å². The van der Waals surface area contributed by atoms with Crippen LogP contribution in [-0.2, 0) is 32.0 Å². The van der Waals surface area contributed by atoms with E-state index in [0.29, 0.717) is 19.3 Å². The van der Waals surface area contributed by atoms with E-state index < -0.39 is 18.1 Å². The molecule has 0 aliphatic carbocycles. The Balaban J connectivity index is 1.57. The van der Waals surface area contributed by atoms with E-state index in [-0.39, 0.29) is 5.91 Å². The van der Waals surface area contributed by atoms with Gasteiger partial charge in [0.15, 0.2) is 0 Å². The number of rotatable bonds is 7. The fraction of sp³-hybridized carbons (Fsp3) is 0.286. The first-order valence-corrected chi connectivity index (χ1v) is 8.83. The van der Waals surface area contributed by atoms with Crippen LogP contribution in [0.2, 0.25) is 0 Å². The van der Waals surface area contributed by atoms with Gasteiger partial charge < -0.3 is 14.9 Å². The minimum Gasteiger partial charge on any atom is -0.467 e. The zero-order valence-corrected chi connectivity index (χ0v) is 15.1. The molecule has 0 saturated carbocycles. The molecule has 1 amide bonds. The van der Waals surface area contributed by atoms with Crippen LogP contribution in [0.15, 0.2) is 65.8 Å². The highest BCUT2D eigenvalue weighted by molar-refractivity contribution is 5.95. The lowest BCUT2D eigenvalue weighted by molar-refractivity contribution is -0.146. The zero-order valence-electron chi connectivity index (χ0n) is 15.1. The van der Waals surface area contributed by atoms with Gasteiger partial charge in [-0.2, -0.15) is 0 Å². The van der Waals surface area contributed by atoms with Crippen molar-refractivity contribution in [3.8, 4) is 0 Å². The van der Waals surface area contributed by atoms with Crippen molar-refractivity contribution in [1.82, 2.24) is 5.32 Å². The van der Waals surface area contributed by atoms with Crippen LogP contribution in [-0.4, -0.2) is 36.8 Å². The Morgan fingerprint density at radius 3 is 2.37 bits per heavy atom. The van der Waals surface area contributed by atoms with Crippen LogP contribution < -0.4 is 5.32 Å². The molecule has 0 fully saturated rings. The Labute approximate surface area is 158 Å². The van der Waals surface area contributed by atoms with Crippen LogP contribution in [0.25, 0.3) is 0 Å². The van der Waals surface area contributed by atoms with Gasteiger partial charge in [-0.15, -0.1) is 0 Å². The van der Waals surface area contributed by atoms with Crippen molar-refractivity contribution in [3.63, 3.8) is 0 Å². The van der Waals surface area contributed by atoms with E-state index in [1.807, 2.05) is 60.7 Å². The Morgan fingerprint density at radius 2 is 1.74 bits per heavy atom. The lowest BCUT2D eigenvalue weighted by Crippen LogP contribution is -2.47. The van der Waals surface area contributed by atoms with Gasteiger partial charge in [0.05, 0.1) is 12.8 Å². The summed E-state index contributed by atoms with van der Waals surface area (Å²) < 4.78 is 4.83. The number of nitrogens with one attached hydrogen (secondary N) is 1. The number of benzene rings is 2. The molecule has 27 heavy (non-hydrogen) atoms. The number of amides is 1. The first kappa shape index (κ1) is 18.6. The predicted molar refractivity (Wildman–Crippen MR) is 101 cm³/mol. The van der Waals surface area contributed by atoms with Gasteiger partial charge in [0, 0.05) is 19.3 Å². The summed E-state index contributed by atoms with van der Waals surface area (Å²) in [4.78, 5) is 29.9. The molecule has 2 atom stereocenters. The average molecular weight is 366 g/mol. The summed E-state index contributed by atoms with van der Waals surface area (Å²) in [6.07, 6.45) is 0.658. The highest BCUT2D eigenvalue weighted by Gasteiger charge is 2.31. The van der Waals surface area contributed by atoms with Gasteiger partial charge in [-0.25, -0.2) is 4.79 Å². The van der Waals surface area contributed by atoms with E-state index in [2.05, 4.69) is 10.5 Å². The second-order valence-electron chi connectivity index (χ2n) is 6.39. The SMILES string of the molecule is COC(=O)[C@H](Cc1ccccc1)NC(=O)[C@H]1CC(Cc2ccccc2)=NO1. The second kappa shape index (κ2) is 8.98. The van der Waals surface area contributed by atoms with Crippen LogP contribution in [0.4, 0.5) is 0 Å². The molecule has 0 bridgehead atoms. The predicted octanol–water partition coefficient (Wildman–Crippen LogP) is 2.27. The molecule has 6 heteroatoms. The van der Waals surface area contributed by atoms with E-state index >= 15 is 0 Å². The molecular formula is C21H22N2O4. The minimum absolute atomic E-state index is 0.351. The number of nitrogens with zero attached hydrogens (tertiary/aromatic N) is 1. The van der Waals surface area contributed by atoms with Gasteiger partial charge in [0.1, 0.15) is 6.04 Å². The van der Waals surface area contributed by atoms with Crippen molar-refractivity contribution in [3.05, 3.63) is 71.8 Å². The number of hydrogen-bond donors (Lipinski definition) is 1. The van der Waals surface area contributed by atoms with E-state index in [1.165, 1.54) is 7.11 Å². The summed E-state index contributed by atoms with van der Waals surface area (Å²) in [7, 11) is 1.31. The molecule has 0 spiro atoms. The third-order valence-corrected chi connectivity index (χ3v) is 4.36. The summed E-state index contributed by atoms with van der Waals surface area (Å²) in [6, 6.07) is 18.6. The normalized spacial score (nSPS) is 16.8. The van der Waals surface area contributed by atoms with Crippen molar-refractivity contribution >= 4 is 17.6 Å². The quantitative estimate of drug-likeness (QED) is 0.763. The second-order valence-corrected chi connectivity index (χ2v) is 6.39. The molecule has 1 aliphatic heterocycles. The molecule has 6 nitrogen and oxygen atoms in total. The molecule has 2 aromatic carbocycles. The van der Waals surface area contributed by atoms with Gasteiger partial charge >= 0.3 is 5.97 Å². The maximum atomic E-state index is 12.5. The van der Waals surface area contributed by atoms with E-state index in [9.17, 15) is 9.59 Å². The van der Waals surface area contributed by atoms with Crippen molar-refractivity contribution < 1.29 is 19.2 Å². The van der Waals surface area contributed by atoms with E-state index in [1.54, 1.807) is 0 Å². The van der Waals surface area contributed by atoms with E-state index in [0.717, 1.165) is 16.8 Å². The fourth-order valence-electron chi connectivity index (χ4n) is 2.95. The lowest BCUT2D eigenvalue weighted by Gasteiger charge is -2.18. The van der Waals surface area contributed by atoms with Crippen molar-refractivity contribution in [2.24, 2.45) is 5.16 Å². The molecule has 1 heterocycles. The smallest absolute Gasteiger partial charge is 0.328 e. The van der Waals surface area contributed by atoms with Gasteiger partial charge in [-0.1, -0.05) is 65.8 Å². The van der Waals surface area contributed by atoms with Crippen LogP contribution in [0.5, 0.6) is 0 Å². The van der Waals surface area contributed by atoms with Crippen LogP contribution in [0.3, 0.4) is 0 Å². The van der Waals surface area contributed by atoms with Gasteiger partial charge in [0.25, 0.3) is 5.91 Å². The molecule has 1 N–H and O–H groups in total. The summed E-state index contributed by atoms with van der Waals surface area (Å²) in [5.41, 5.74) is 2.85. The minimum atomic E-state index is -0.772. The third kappa shape index (κ3) is 5.17. The Hall–Kier alpha value is -3.15. The number of esters is 1. The largest absolute Gasteiger partial charge is 0.467 e. The molecule has 3 rings (SSSR count). The van der Waals surface area contributed by atoms with Gasteiger partial charge in [-0.05, 0) is 11.1 Å². The highest BCUT2D eigenvalue weighted by atomic mass is 16.6. The zero-order chi connectivity index (χ0) is 19.1. The first-order valence-electron chi connectivity index (χ1n) is 8.83. The summed E-state index contributed by atoms with van der Waals surface area (Å²) >= 11 is 0. The number of ether oxygens (including phenoxy) is 1. The van der Waals surface area contributed by atoms with Crippen molar-refractivity contribution in [2.75, 3.05) is 7.11 Å². The molecule has 1 aliphatic rings. The molecule has 0 unspecified atom stereocenters. The Bertz CT molecular complexity index is 805.